The quantitative estimate of drug-likeness (QED) is 0.528. The molecule has 1 N–H and O–H groups in total. The number of carbonyl (C=O) groups is 1. The van der Waals surface area contributed by atoms with Crippen molar-refractivity contribution in [3.63, 3.8) is 0 Å². The number of benzene rings is 1. The van der Waals surface area contributed by atoms with Gasteiger partial charge in [0.2, 0.25) is 0 Å². The number of hydrogen-bond donors (Lipinski definition) is 1. The SMILES string of the molecule is CCOC(=O)/C(=C/c1ccc(CC)cc1)c1nc2sc(C)c(C)c2c(=O)[nH]1. The van der Waals surface area contributed by atoms with Gasteiger partial charge in [-0.3, -0.25) is 4.79 Å². The van der Waals surface area contributed by atoms with Gasteiger partial charge < -0.3 is 9.72 Å². The van der Waals surface area contributed by atoms with Crippen molar-refractivity contribution in [2.45, 2.75) is 34.1 Å². The number of hydrogen-bond acceptors (Lipinski definition) is 5. The van der Waals surface area contributed by atoms with Crippen molar-refractivity contribution in [1.29, 1.82) is 0 Å². The molecule has 1 aromatic carbocycles. The smallest absolute Gasteiger partial charge is 0.341 e. The van der Waals surface area contributed by atoms with Crippen LogP contribution in [0.4, 0.5) is 0 Å². The average Bonchev–Trinajstić information content (AvgIpc) is 2.94. The number of H-pyrrole nitrogens is 1. The van der Waals surface area contributed by atoms with Crippen molar-refractivity contribution in [3.05, 3.63) is 62.0 Å². The fourth-order valence-electron chi connectivity index (χ4n) is 2.83. The van der Waals surface area contributed by atoms with Gasteiger partial charge in [-0.15, -0.1) is 11.3 Å². The van der Waals surface area contributed by atoms with Crippen LogP contribution >= 0.6 is 11.3 Å². The molecule has 0 fully saturated rings. The Morgan fingerprint density at radius 2 is 1.93 bits per heavy atom. The number of rotatable bonds is 5. The molecule has 27 heavy (non-hydrogen) atoms. The molecule has 140 valence electrons. The molecular weight excluding hydrogens is 360 g/mol. The lowest BCUT2D eigenvalue weighted by atomic mass is 10.1. The molecule has 0 unspecified atom stereocenters. The van der Waals surface area contributed by atoms with Gasteiger partial charge in [-0.05, 0) is 50.0 Å². The van der Waals surface area contributed by atoms with E-state index in [-0.39, 0.29) is 23.6 Å². The van der Waals surface area contributed by atoms with Gasteiger partial charge in [0.15, 0.2) is 0 Å². The van der Waals surface area contributed by atoms with Gasteiger partial charge >= 0.3 is 5.97 Å². The zero-order valence-electron chi connectivity index (χ0n) is 15.9. The van der Waals surface area contributed by atoms with E-state index in [1.54, 1.807) is 13.0 Å². The topological polar surface area (TPSA) is 72.0 Å². The van der Waals surface area contributed by atoms with Crippen molar-refractivity contribution in [2.24, 2.45) is 0 Å². The molecule has 0 saturated heterocycles. The summed E-state index contributed by atoms with van der Waals surface area (Å²) in [5, 5.41) is 0.580. The summed E-state index contributed by atoms with van der Waals surface area (Å²) in [6.45, 7) is 7.94. The number of carbonyl (C=O) groups excluding carboxylic acids is 1. The zero-order valence-corrected chi connectivity index (χ0v) is 16.7. The van der Waals surface area contributed by atoms with E-state index >= 15 is 0 Å². The number of thiophene rings is 1. The maximum absolute atomic E-state index is 12.6. The fourth-order valence-corrected chi connectivity index (χ4v) is 3.86. The lowest BCUT2D eigenvalue weighted by Crippen LogP contribution is -2.15. The number of fused-ring (bicyclic) bond motifs is 1. The number of aryl methyl sites for hydroxylation is 3. The van der Waals surface area contributed by atoms with Gasteiger partial charge in [-0.25, -0.2) is 9.78 Å². The number of aromatic amines is 1. The molecule has 0 radical (unpaired) electrons. The van der Waals surface area contributed by atoms with Crippen molar-refractivity contribution in [2.75, 3.05) is 6.61 Å². The molecule has 0 bridgehead atoms. The first kappa shape index (κ1) is 19.0. The standard InChI is InChI=1S/C21H22N2O3S/c1-5-14-7-9-15(10-8-14)11-16(21(25)26-6-2)18-22-19(24)17-12(3)13(4)27-20(17)23-18/h7-11H,5-6H2,1-4H3,(H,22,23,24)/b16-11+. The molecule has 2 heterocycles. The van der Waals surface area contributed by atoms with Gasteiger partial charge in [-0.2, -0.15) is 0 Å². The summed E-state index contributed by atoms with van der Waals surface area (Å²) in [5.74, 6) is -0.281. The summed E-state index contributed by atoms with van der Waals surface area (Å²) in [6.07, 6.45) is 2.65. The number of nitrogens with zero attached hydrogens (tertiary/aromatic N) is 1. The minimum atomic E-state index is -0.510. The molecule has 0 atom stereocenters. The van der Waals surface area contributed by atoms with E-state index in [2.05, 4.69) is 16.9 Å². The van der Waals surface area contributed by atoms with Gasteiger partial charge in [0.25, 0.3) is 5.56 Å². The fraction of sp³-hybridized carbons (Fsp3) is 0.286. The average molecular weight is 382 g/mol. The maximum Gasteiger partial charge on any atom is 0.341 e. The van der Waals surface area contributed by atoms with Crippen molar-refractivity contribution in [3.8, 4) is 0 Å². The van der Waals surface area contributed by atoms with Crippen LogP contribution in [0.3, 0.4) is 0 Å². The summed E-state index contributed by atoms with van der Waals surface area (Å²) in [6, 6.07) is 7.90. The van der Waals surface area contributed by atoms with E-state index in [1.807, 2.05) is 38.1 Å². The molecule has 0 aliphatic heterocycles. The molecule has 0 aliphatic carbocycles. The van der Waals surface area contributed by atoms with E-state index in [1.165, 1.54) is 16.9 Å². The first-order valence-corrected chi connectivity index (χ1v) is 9.74. The third kappa shape index (κ3) is 3.85. The third-order valence-electron chi connectivity index (χ3n) is 4.49. The Kier molecular flexibility index (Phi) is 5.56. The first-order valence-electron chi connectivity index (χ1n) is 8.92. The van der Waals surface area contributed by atoms with Crippen molar-refractivity contribution >= 4 is 39.2 Å². The monoisotopic (exact) mass is 382 g/mol. The zero-order chi connectivity index (χ0) is 19.6. The van der Waals surface area contributed by atoms with Crippen LogP contribution in [0.1, 0.15) is 41.2 Å². The molecule has 0 saturated carbocycles. The molecule has 6 heteroatoms. The first-order chi connectivity index (χ1) is 12.9. The number of nitrogens with one attached hydrogen (secondary N) is 1. The molecular formula is C21H22N2O3S. The highest BCUT2D eigenvalue weighted by molar-refractivity contribution is 7.18. The highest BCUT2D eigenvalue weighted by Gasteiger charge is 2.19. The number of esters is 1. The van der Waals surface area contributed by atoms with Gasteiger partial charge in [0.1, 0.15) is 16.2 Å². The Morgan fingerprint density at radius 1 is 1.22 bits per heavy atom. The predicted octanol–water partition coefficient (Wildman–Crippen LogP) is 4.27. The van der Waals surface area contributed by atoms with Crippen molar-refractivity contribution < 1.29 is 9.53 Å². The van der Waals surface area contributed by atoms with E-state index in [4.69, 9.17) is 4.74 Å². The minimum absolute atomic E-state index is 0.228. The summed E-state index contributed by atoms with van der Waals surface area (Å²) in [5.41, 5.74) is 2.98. The molecule has 3 aromatic rings. The van der Waals surface area contributed by atoms with E-state index in [0.29, 0.717) is 10.2 Å². The lowest BCUT2D eigenvalue weighted by Gasteiger charge is -2.07. The van der Waals surface area contributed by atoms with Gasteiger partial charge in [0, 0.05) is 4.88 Å². The normalized spacial score (nSPS) is 11.8. The minimum Gasteiger partial charge on any atom is -0.462 e. The Bertz CT molecular complexity index is 1080. The Labute approximate surface area is 161 Å². The molecule has 0 aliphatic rings. The Balaban J connectivity index is 2.15. The van der Waals surface area contributed by atoms with E-state index in [0.717, 1.165) is 22.4 Å². The molecule has 0 spiro atoms. The summed E-state index contributed by atoms with van der Waals surface area (Å²) >= 11 is 1.45. The molecule has 5 nitrogen and oxygen atoms in total. The van der Waals surface area contributed by atoms with Crippen LogP contribution in [-0.4, -0.2) is 22.5 Å². The highest BCUT2D eigenvalue weighted by atomic mass is 32.1. The van der Waals surface area contributed by atoms with E-state index < -0.39 is 5.97 Å². The molecule has 0 amide bonds. The Morgan fingerprint density at radius 3 is 2.56 bits per heavy atom. The van der Waals surface area contributed by atoms with E-state index in [9.17, 15) is 9.59 Å². The van der Waals surface area contributed by atoms with Crippen LogP contribution in [0, 0.1) is 13.8 Å². The van der Waals surface area contributed by atoms with Crippen LogP contribution in [-0.2, 0) is 16.0 Å². The summed E-state index contributed by atoms with van der Waals surface area (Å²) in [4.78, 5) is 34.1. The summed E-state index contributed by atoms with van der Waals surface area (Å²) in [7, 11) is 0. The van der Waals surface area contributed by atoms with Crippen LogP contribution in [0.25, 0.3) is 21.9 Å². The largest absolute Gasteiger partial charge is 0.462 e. The molecule has 2 aromatic heterocycles. The van der Waals surface area contributed by atoms with Crippen molar-refractivity contribution in [1.82, 2.24) is 9.97 Å². The van der Waals surface area contributed by atoms with Crippen LogP contribution in [0.5, 0.6) is 0 Å². The maximum atomic E-state index is 12.6. The third-order valence-corrected chi connectivity index (χ3v) is 5.59. The Hall–Kier alpha value is -2.73. The molecule has 3 rings (SSSR count). The second kappa shape index (κ2) is 7.88. The number of ether oxygens (including phenoxy) is 1. The lowest BCUT2D eigenvalue weighted by molar-refractivity contribution is -0.136. The van der Waals surface area contributed by atoms with Crippen LogP contribution in [0.2, 0.25) is 0 Å². The van der Waals surface area contributed by atoms with Gasteiger partial charge in [0.05, 0.1) is 12.0 Å². The number of aromatic nitrogens is 2. The second-order valence-electron chi connectivity index (χ2n) is 6.25. The highest BCUT2D eigenvalue weighted by Crippen LogP contribution is 2.27. The summed E-state index contributed by atoms with van der Waals surface area (Å²) < 4.78 is 5.19. The predicted molar refractivity (Wildman–Crippen MR) is 110 cm³/mol. The van der Waals surface area contributed by atoms with Gasteiger partial charge in [-0.1, -0.05) is 31.2 Å². The van der Waals surface area contributed by atoms with Crippen LogP contribution < -0.4 is 5.56 Å². The second-order valence-corrected chi connectivity index (χ2v) is 7.45. The van der Waals surface area contributed by atoms with Crippen LogP contribution in [0.15, 0.2) is 29.1 Å².